The first kappa shape index (κ1) is 18.1. The summed E-state index contributed by atoms with van der Waals surface area (Å²) in [7, 11) is 1.33. The molecule has 6 heteroatoms. The van der Waals surface area contributed by atoms with Crippen LogP contribution in [0.4, 0.5) is 5.69 Å². The Morgan fingerprint density at radius 1 is 1.07 bits per heavy atom. The molecular weight excluding hydrogens is 346 g/mol. The molecule has 0 spiro atoms. The quantitative estimate of drug-likeness (QED) is 0.533. The van der Waals surface area contributed by atoms with Gasteiger partial charge in [0.05, 0.1) is 30.1 Å². The summed E-state index contributed by atoms with van der Waals surface area (Å²) in [5, 5.41) is 9.05. The van der Waals surface area contributed by atoms with E-state index < -0.39 is 11.9 Å². The number of carbonyl (C=O) groups is 2. The summed E-state index contributed by atoms with van der Waals surface area (Å²) in [6, 6.07) is 15.2. The van der Waals surface area contributed by atoms with Gasteiger partial charge in [-0.25, -0.2) is 9.59 Å². The van der Waals surface area contributed by atoms with Crippen molar-refractivity contribution in [3.05, 3.63) is 77.0 Å². The van der Waals surface area contributed by atoms with E-state index in [1.54, 1.807) is 60.8 Å². The van der Waals surface area contributed by atoms with E-state index in [9.17, 15) is 9.59 Å². The minimum Gasteiger partial charge on any atom is -0.478 e. The highest BCUT2D eigenvalue weighted by Crippen LogP contribution is 2.26. The van der Waals surface area contributed by atoms with Crippen molar-refractivity contribution in [1.29, 1.82) is 0 Å². The SMILES string of the molecule is COC(=O)c1cccc(N=Cc2ccc(-c3ccc(C(=O)O)cc3C)o2)c1. The van der Waals surface area contributed by atoms with E-state index in [0.29, 0.717) is 22.8 Å². The molecule has 1 aromatic heterocycles. The number of carbonyl (C=O) groups excluding carboxylic acids is 1. The molecule has 0 unspecified atom stereocenters. The van der Waals surface area contributed by atoms with Crippen LogP contribution in [0.1, 0.15) is 32.0 Å². The molecule has 0 bridgehead atoms. The van der Waals surface area contributed by atoms with Crippen molar-refractivity contribution in [3.8, 4) is 11.3 Å². The lowest BCUT2D eigenvalue weighted by atomic mass is 10.0. The predicted octanol–water partition coefficient (Wildman–Crippen LogP) is 4.49. The molecule has 1 N–H and O–H groups in total. The lowest BCUT2D eigenvalue weighted by Gasteiger charge is -2.03. The average Bonchev–Trinajstić information content (AvgIpc) is 3.14. The van der Waals surface area contributed by atoms with Gasteiger partial charge in [-0.05, 0) is 55.0 Å². The molecule has 0 atom stereocenters. The summed E-state index contributed by atoms with van der Waals surface area (Å²) >= 11 is 0. The van der Waals surface area contributed by atoms with Gasteiger partial charge in [0.2, 0.25) is 0 Å². The third kappa shape index (κ3) is 4.12. The number of rotatable bonds is 5. The van der Waals surface area contributed by atoms with Gasteiger partial charge in [0.1, 0.15) is 11.5 Å². The number of aromatic carboxylic acids is 1. The first-order valence-corrected chi connectivity index (χ1v) is 8.14. The normalized spacial score (nSPS) is 10.9. The van der Waals surface area contributed by atoms with E-state index in [-0.39, 0.29) is 5.56 Å². The lowest BCUT2D eigenvalue weighted by molar-refractivity contribution is 0.0600. The molecule has 1 heterocycles. The van der Waals surface area contributed by atoms with E-state index in [4.69, 9.17) is 14.3 Å². The van der Waals surface area contributed by atoms with E-state index in [2.05, 4.69) is 4.99 Å². The Bertz CT molecular complexity index is 1030. The topological polar surface area (TPSA) is 89.1 Å². The Morgan fingerprint density at radius 3 is 2.59 bits per heavy atom. The van der Waals surface area contributed by atoms with Gasteiger partial charge in [-0.15, -0.1) is 0 Å². The highest BCUT2D eigenvalue weighted by molar-refractivity contribution is 5.91. The number of furan rings is 1. The Morgan fingerprint density at radius 2 is 1.89 bits per heavy atom. The van der Waals surface area contributed by atoms with Crippen molar-refractivity contribution in [3.63, 3.8) is 0 Å². The monoisotopic (exact) mass is 363 g/mol. The number of hydrogen-bond donors (Lipinski definition) is 1. The molecule has 0 fully saturated rings. The van der Waals surface area contributed by atoms with Crippen molar-refractivity contribution in [2.75, 3.05) is 7.11 Å². The minimum atomic E-state index is -0.967. The van der Waals surface area contributed by atoms with E-state index >= 15 is 0 Å². The molecule has 0 aliphatic heterocycles. The second-order valence-corrected chi connectivity index (χ2v) is 5.84. The Hall–Kier alpha value is -3.67. The van der Waals surface area contributed by atoms with Crippen LogP contribution in [-0.2, 0) is 4.74 Å². The van der Waals surface area contributed by atoms with Gasteiger partial charge in [-0.2, -0.15) is 0 Å². The second-order valence-electron chi connectivity index (χ2n) is 5.84. The summed E-state index contributed by atoms with van der Waals surface area (Å²) in [5.41, 5.74) is 2.86. The summed E-state index contributed by atoms with van der Waals surface area (Å²) < 4.78 is 10.5. The first-order valence-electron chi connectivity index (χ1n) is 8.14. The summed E-state index contributed by atoms with van der Waals surface area (Å²) in [6.07, 6.45) is 1.56. The molecule has 0 saturated carbocycles. The number of hydrogen-bond acceptors (Lipinski definition) is 5. The van der Waals surface area contributed by atoms with Gasteiger partial charge in [-0.1, -0.05) is 12.1 Å². The summed E-state index contributed by atoms with van der Waals surface area (Å²) in [5.74, 6) is -0.233. The Balaban J connectivity index is 1.81. The highest BCUT2D eigenvalue weighted by atomic mass is 16.5. The van der Waals surface area contributed by atoms with E-state index in [0.717, 1.165) is 11.1 Å². The van der Waals surface area contributed by atoms with Gasteiger partial charge in [-0.3, -0.25) is 4.99 Å². The number of aliphatic imine (C=N–C) groups is 1. The van der Waals surface area contributed by atoms with Crippen molar-refractivity contribution in [2.45, 2.75) is 6.92 Å². The fourth-order valence-electron chi connectivity index (χ4n) is 2.61. The number of carboxylic acid groups (broad SMARTS) is 1. The molecule has 0 saturated heterocycles. The van der Waals surface area contributed by atoms with Crippen LogP contribution >= 0.6 is 0 Å². The van der Waals surface area contributed by atoms with Crippen LogP contribution in [-0.4, -0.2) is 30.4 Å². The summed E-state index contributed by atoms with van der Waals surface area (Å²) in [4.78, 5) is 26.9. The van der Waals surface area contributed by atoms with Crippen LogP contribution in [0.25, 0.3) is 11.3 Å². The largest absolute Gasteiger partial charge is 0.478 e. The van der Waals surface area contributed by atoms with Crippen molar-refractivity contribution in [1.82, 2.24) is 0 Å². The fraction of sp³-hybridized carbons (Fsp3) is 0.0952. The molecular formula is C21H17NO5. The second kappa shape index (κ2) is 7.70. The lowest BCUT2D eigenvalue weighted by Crippen LogP contribution is -1.99. The molecule has 0 amide bonds. The molecule has 0 aliphatic rings. The van der Waals surface area contributed by atoms with Crippen LogP contribution in [0.2, 0.25) is 0 Å². The standard InChI is InChI=1S/C21H17NO5/c1-13-10-14(20(23)24)6-8-18(13)19-9-7-17(27-19)12-22-16-5-3-4-15(11-16)21(25)26-2/h3-12H,1-2H3,(H,23,24). The predicted molar refractivity (Wildman–Crippen MR) is 101 cm³/mol. The van der Waals surface area contributed by atoms with Crippen LogP contribution in [0, 0.1) is 6.92 Å². The van der Waals surface area contributed by atoms with Gasteiger partial charge in [0.15, 0.2) is 0 Å². The maximum Gasteiger partial charge on any atom is 0.337 e. The zero-order chi connectivity index (χ0) is 19.4. The molecule has 3 aromatic rings. The first-order chi connectivity index (χ1) is 13.0. The van der Waals surface area contributed by atoms with Crippen LogP contribution in [0.15, 0.2) is 64.0 Å². The molecule has 136 valence electrons. The van der Waals surface area contributed by atoms with E-state index in [1.165, 1.54) is 7.11 Å². The van der Waals surface area contributed by atoms with Crippen LogP contribution in [0.5, 0.6) is 0 Å². The van der Waals surface area contributed by atoms with Crippen LogP contribution < -0.4 is 0 Å². The minimum absolute atomic E-state index is 0.232. The van der Waals surface area contributed by atoms with Crippen molar-refractivity contribution < 1.29 is 23.8 Å². The molecule has 2 aromatic carbocycles. The van der Waals surface area contributed by atoms with Gasteiger partial charge in [0.25, 0.3) is 0 Å². The molecule has 3 rings (SSSR count). The Labute approximate surface area is 155 Å². The smallest absolute Gasteiger partial charge is 0.337 e. The van der Waals surface area contributed by atoms with Gasteiger partial charge < -0.3 is 14.3 Å². The number of esters is 1. The zero-order valence-electron chi connectivity index (χ0n) is 14.8. The number of benzene rings is 2. The number of ether oxygens (including phenoxy) is 1. The number of carboxylic acids is 1. The van der Waals surface area contributed by atoms with Gasteiger partial charge >= 0.3 is 11.9 Å². The third-order valence-corrected chi connectivity index (χ3v) is 3.97. The maximum atomic E-state index is 11.6. The zero-order valence-corrected chi connectivity index (χ0v) is 14.8. The maximum absolute atomic E-state index is 11.6. The third-order valence-electron chi connectivity index (χ3n) is 3.97. The molecule has 0 aliphatic carbocycles. The highest BCUT2D eigenvalue weighted by Gasteiger charge is 2.10. The van der Waals surface area contributed by atoms with Gasteiger partial charge in [0, 0.05) is 5.56 Å². The fourth-order valence-corrected chi connectivity index (χ4v) is 2.61. The van der Waals surface area contributed by atoms with Crippen molar-refractivity contribution >= 4 is 23.8 Å². The number of methoxy groups -OCH3 is 1. The molecule has 0 radical (unpaired) electrons. The number of nitrogens with zero attached hydrogens (tertiary/aromatic N) is 1. The van der Waals surface area contributed by atoms with E-state index in [1.807, 2.05) is 6.92 Å². The molecule has 6 nitrogen and oxygen atoms in total. The van der Waals surface area contributed by atoms with Crippen LogP contribution in [0.3, 0.4) is 0 Å². The Kier molecular flexibility index (Phi) is 5.17. The number of aryl methyl sites for hydroxylation is 1. The van der Waals surface area contributed by atoms with Crippen molar-refractivity contribution in [2.24, 2.45) is 4.99 Å². The summed E-state index contributed by atoms with van der Waals surface area (Å²) in [6.45, 7) is 1.83. The molecule has 27 heavy (non-hydrogen) atoms. The average molecular weight is 363 g/mol.